The molecule has 2 N–H and O–H groups in total. The highest BCUT2D eigenvalue weighted by Crippen LogP contribution is 2.26. The number of aliphatic hydroxyl groups excluding tert-OH is 1. The summed E-state index contributed by atoms with van der Waals surface area (Å²) in [7, 11) is 1.94. The van der Waals surface area contributed by atoms with Gasteiger partial charge in [-0.25, -0.2) is 0 Å². The number of nitrogens with zero attached hydrogens (tertiary/aromatic N) is 2. The van der Waals surface area contributed by atoms with Crippen LogP contribution in [0.3, 0.4) is 0 Å². The third-order valence-electron chi connectivity index (χ3n) is 4.59. The van der Waals surface area contributed by atoms with Gasteiger partial charge in [-0.05, 0) is 38.3 Å². The van der Waals surface area contributed by atoms with Crippen LogP contribution in [0.5, 0.6) is 0 Å². The van der Waals surface area contributed by atoms with Crippen molar-refractivity contribution in [3.8, 4) is 0 Å². The summed E-state index contributed by atoms with van der Waals surface area (Å²) >= 11 is 0. The van der Waals surface area contributed by atoms with Crippen LogP contribution in [-0.2, 0) is 4.79 Å². The standard InChI is InChI=1S/C17H25N3O4/c1-12-6-7-14(20(23)24)10-15(12)18-17(22)8-9-19(2)11-13-4-3-5-16(13)21/h6-7,10,13,16,21H,3-5,8-9,11H2,1-2H3,(H,18,22). The Kier molecular flexibility index (Phi) is 6.28. The number of nitro benzene ring substituents is 1. The lowest BCUT2D eigenvalue weighted by atomic mass is 10.1. The Bertz CT molecular complexity index is 605. The number of aryl methyl sites for hydroxylation is 1. The summed E-state index contributed by atoms with van der Waals surface area (Å²) in [5.74, 6) is 0.120. The van der Waals surface area contributed by atoms with Crippen LogP contribution in [0, 0.1) is 23.0 Å². The average molecular weight is 335 g/mol. The number of carbonyl (C=O) groups is 1. The molecule has 7 nitrogen and oxygen atoms in total. The summed E-state index contributed by atoms with van der Waals surface area (Å²) < 4.78 is 0. The molecule has 2 rings (SSSR count). The molecular weight excluding hydrogens is 310 g/mol. The second-order valence-corrected chi connectivity index (χ2v) is 6.58. The van der Waals surface area contributed by atoms with Gasteiger partial charge in [0.1, 0.15) is 0 Å². The molecule has 24 heavy (non-hydrogen) atoms. The first kappa shape index (κ1) is 18.4. The average Bonchev–Trinajstić information content (AvgIpc) is 2.92. The van der Waals surface area contributed by atoms with Gasteiger partial charge in [0.25, 0.3) is 5.69 Å². The van der Waals surface area contributed by atoms with Crippen LogP contribution in [0.25, 0.3) is 0 Å². The van der Waals surface area contributed by atoms with Crippen molar-refractivity contribution < 1.29 is 14.8 Å². The van der Waals surface area contributed by atoms with Gasteiger partial charge in [-0.3, -0.25) is 14.9 Å². The highest BCUT2D eigenvalue weighted by atomic mass is 16.6. The maximum Gasteiger partial charge on any atom is 0.271 e. The number of rotatable bonds is 7. The number of aliphatic hydroxyl groups is 1. The van der Waals surface area contributed by atoms with E-state index in [1.54, 1.807) is 13.0 Å². The van der Waals surface area contributed by atoms with Crippen molar-refractivity contribution in [3.05, 3.63) is 33.9 Å². The molecule has 1 aromatic carbocycles. The van der Waals surface area contributed by atoms with E-state index in [0.717, 1.165) is 31.4 Å². The molecule has 0 saturated heterocycles. The Hall–Kier alpha value is -1.99. The lowest BCUT2D eigenvalue weighted by Crippen LogP contribution is -2.32. The van der Waals surface area contributed by atoms with E-state index in [1.807, 2.05) is 7.05 Å². The normalized spacial score (nSPS) is 20.3. The van der Waals surface area contributed by atoms with E-state index in [2.05, 4.69) is 10.2 Å². The van der Waals surface area contributed by atoms with Crippen molar-refractivity contribution >= 4 is 17.3 Å². The molecule has 0 spiro atoms. The minimum Gasteiger partial charge on any atom is -0.393 e. The van der Waals surface area contributed by atoms with E-state index < -0.39 is 4.92 Å². The molecule has 132 valence electrons. The van der Waals surface area contributed by atoms with Crippen molar-refractivity contribution in [1.82, 2.24) is 4.90 Å². The lowest BCUT2D eigenvalue weighted by molar-refractivity contribution is -0.384. The molecular formula is C17H25N3O4. The van der Waals surface area contributed by atoms with Gasteiger partial charge in [-0.2, -0.15) is 0 Å². The first-order valence-electron chi connectivity index (χ1n) is 8.28. The maximum absolute atomic E-state index is 12.1. The van der Waals surface area contributed by atoms with Crippen molar-refractivity contribution in [2.75, 3.05) is 25.5 Å². The van der Waals surface area contributed by atoms with Crippen molar-refractivity contribution in [1.29, 1.82) is 0 Å². The van der Waals surface area contributed by atoms with Crippen LogP contribution in [0.1, 0.15) is 31.2 Å². The van der Waals surface area contributed by atoms with Crippen molar-refractivity contribution in [3.63, 3.8) is 0 Å². The minimum atomic E-state index is -0.476. The summed E-state index contributed by atoms with van der Waals surface area (Å²) in [5.41, 5.74) is 1.22. The van der Waals surface area contributed by atoms with Crippen LogP contribution in [0.4, 0.5) is 11.4 Å². The van der Waals surface area contributed by atoms with E-state index in [4.69, 9.17) is 0 Å². The Morgan fingerprint density at radius 3 is 2.83 bits per heavy atom. The summed E-state index contributed by atoms with van der Waals surface area (Å²) in [6, 6.07) is 4.43. The van der Waals surface area contributed by atoms with Gasteiger partial charge < -0.3 is 15.3 Å². The van der Waals surface area contributed by atoms with E-state index in [9.17, 15) is 20.0 Å². The van der Waals surface area contributed by atoms with Gasteiger partial charge in [0.05, 0.1) is 16.7 Å². The second kappa shape index (κ2) is 8.21. The highest BCUT2D eigenvalue weighted by molar-refractivity contribution is 5.92. The third-order valence-corrected chi connectivity index (χ3v) is 4.59. The van der Waals surface area contributed by atoms with Crippen molar-refractivity contribution in [2.24, 2.45) is 5.92 Å². The van der Waals surface area contributed by atoms with E-state index in [1.165, 1.54) is 12.1 Å². The zero-order valence-corrected chi connectivity index (χ0v) is 14.2. The molecule has 7 heteroatoms. The van der Waals surface area contributed by atoms with Gasteiger partial charge in [-0.1, -0.05) is 12.5 Å². The molecule has 1 aromatic rings. The fourth-order valence-corrected chi connectivity index (χ4v) is 3.09. The summed E-state index contributed by atoms with van der Waals surface area (Å²) in [4.78, 5) is 24.5. The third kappa shape index (κ3) is 5.01. The SMILES string of the molecule is Cc1ccc([N+](=O)[O-])cc1NC(=O)CCN(C)CC1CCCC1O. The quantitative estimate of drug-likeness (QED) is 0.589. The predicted octanol–water partition coefficient (Wildman–Crippen LogP) is 2.32. The van der Waals surface area contributed by atoms with Crippen LogP contribution in [0.2, 0.25) is 0 Å². The van der Waals surface area contributed by atoms with E-state index in [-0.39, 0.29) is 23.6 Å². The molecule has 2 atom stereocenters. The Balaban J connectivity index is 1.82. The number of nitrogens with one attached hydrogen (secondary N) is 1. The largest absolute Gasteiger partial charge is 0.393 e. The molecule has 1 aliphatic carbocycles. The Morgan fingerprint density at radius 2 is 2.21 bits per heavy atom. The van der Waals surface area contributed by atoms with E-state index in [0.29, 0.717) is 18.7 Å². The van der Waals surface area contributed by atoms with Gasteiger partial charge >= 0.3 is 0 Å². The first-order valence-corrected chi connectivity index (χ1v) is 8.28. The van der Waals surface area contributed by atoms with Crippen LogP contribution in [-0.4, -0.2) is 47.1 Å². The number of hydrogen-bond donors (Lipinski definition) is 2. The fraction of sp³-hybridized carbons (Fsp3) is 0.588. The molecule has 0 radical (unpaired) electrons. The fourth-order valence-electron chi connectivity index (χ4n) is 3.09. The smallest absolute Gasteiger partial charge is 0.271 e. The topological polar surface area (TPSA) is 95.7 Å². The number of nitro groups is 1. The summed E-state index contributed by atoms with van der Waals surface area (Å²) in [6.07, 6.45) is 3.04. The zero-order valence-electron chi connectivity index (χ0n) is 14.2. The van der Waals surface area contributed by atoms with Crippen molar-refractivity contribution in [2.45, 2.75) is 38.7 Å². The molecule has 1 saturated carbocycles. The Morgan fingerprint density at radius 1 is 1.46 bits per heavy atom. The molecule has 1 amide bonds. The minimum absolute atomic E-state index is 0.0387. The van der Waals surface area contributed by atoms with E-state index >= 15 is 0 Å². The van der Waals surface area contributed by atoms with Crippen LogP contribution < -0.4 is 5.32 Å². The van der Waals surface area contributed by atoms with Gasteiger partial charge in [0.15, 0.2) is 0 Å². The molecule has 2 unspecified atom stereocenters. The molecule has 0 aromatic heterocycles. The number of hydrogen-bond acceptors (Lipinski definition) is 5. The monoisotopic (exact) mass is 335 g/mol. The summed E-state index contributed by atoms with van der Waals surface area (Å²) in [6.45, 7) is 3.17. The summed E-state index contributed by atoms with van der Waals surface area (Å²) in [5, 5.41) is 23.4. The number of carbonyl (C=O) groups excluding carboxylic acids is 1. The number of anilines is 1. The second-order valence-electron chi connectivity index (χ2n) is 6.58. The number of benzene rings is 1. The first-order chi connectivity index (χ1) is 11.4. The predicted molar refractivity (Wildman–Crippen MR) is 91.9 cm³/mol. The zero-order chi connectivity index (χ0) is 17.7. The van der Waals surface area contributed by atoms with Gasteiger partial charge in [0, 0.05) is 31.6 Å². The van der Waals surface area contributed by atoms with Gasteiger partial charge in [0.2, 0.25) is 5.91 Å². The van der Waals surface area contributed by atoms with Crippen LogP contribution in [0.15, 0.2) is 18.2 Å². The molecule has 1 fully saturated rings. The number of non-ortho nitro benzene ring substituents is 1. The van der Waals surface area contributed by atoms with Gasteiger partial charge in [-0.15, -0.1) is 0 Å². The Labute approximate surface area is 141 Å². The maximum atomic E-state index is 12.1. The molecule has 0 aliphatic heterocycles. The lowest BCUT2D eigenvalue weighted by Gasteiger charge is -2.22. The molecule has 0 bridgehead atoms. The highest BCUT2D eigenvalue weighted by Gasteiger charge is 2.26. The molecule has 1 aliphatic rings. The number of amides is 1. The molecule has 0 heterocycles. The van der Waals surface area contributed by atoms with Crippen LogP contribution >= 0.6 is 0 Å².